The summed E-state index contributed by atoms with van der Waals surface area (Å²) in [7, 11) is -3.36. The van der Waals surface area contributed by atoms with Gasteiger partial charge in [-0.3, -0.25) is 27.3 Å². The minimum absolute atomic E-state index is 0.109. The van der Waals surface area contributed by atoms with Gasteiger partial charge < -0.3 is 35.7 Å². The van der Waals surface area contributed by atoms with Crippen LogP contribution in [0.15, 0.2) is 25.3 Å². The van der Waals surface area contributed by atoms with Crippen LogP contribution in [-0.2, 0) is 36.7 Å². The number of imidazole rings is 2. The quantitative estimate of drug-likeness (QED) is 0.135. The first-order valence-corrected chi connectivity index (χ1v) is 16.6. The molecule has 6 N–H and O–H groups in total. The SMILES string of the molecule is Nc1ncnc2c1ncn2[C@@H]1O[C@@H]2CO[PH](=O)O[C@@H]3[C@H](O)[C@@H](CO[P@@](=O)(S)O[C@H]2[C@H]1O)O[C@H]3n1cnc2c(N)ncnc21. The molecule has 230 valence electrons. The molecule has 43 heavy (non-hydrogen) atoms. The van der Waals surface area contributed by atoms with E-state index < -0.39 is 77.3 Å². The Balaban J connectivity index is 1.18. The van der Waals surface area contributed by atoms with Gasteiger partial charge in [0.25, 0.3) is 0 Å². The Morgan fingerprint density at radius 3 is 2.12 bits per heavy atom. The van der Waals surface area contributed by atoms with Crippen molar-refractivity contribution in [1.82, 2.24) is 39.0 Å². The lowest BCUT2D eigenvalue weighted by molar-refractivity contribution is -0.0570. The fraction of sp³-hybridized carbons (Fsp3) is 0.500. The first kappa shape index (κ1) is 28.9. The van der Waals surface area contributed by atoms with Gasteiger partial charge in [-0.2, -0.15) is 0 Å². The Morgan fingerprint density at radius 2 is 1.47 bits per heavy atom. The molecule has 2 bridgehead atoms. The number of aromatic nitrogens is 8. The molecule has 0 aliphatic carbocycles. The van der Waals surface area contributed by atoms with E-state index >= 15 is 0 Å². The molecular weight excluding hydrogens is 634 g/mol. The van der Waals surface area contributed by atoms with Gasteiger partial charge in [-0.15, -0.1) is 0 Å². The number of anilines is 2. The Bertz CT molecular complexity index is 1760. The maximum absolute atomic E-state index is 13.3. The summed E-state index contributed by atoms with van der Waals surface area (Å²) >= 11 is 4.07. The highest BCUT2D eigenvalue weighted by Crippen LogP contribution is 2.57. The lowest BCUT2D eigenvalue weighted by Crippen LogP contribution is -2.35. The molecular formula is C20H24N10O10P2S. The van der Waals surface area contributed by atoms with Crippen molar-refractivity contribution in [3.05, 3.63) is 25.3 Å². The second-order valence-electron chi connectivity index (χ2n) is 9.76. The standard InChI is InChI=1S/C20H24N10O10P2S/c21-15-9-17(25-3-23-15)29(5-27-9)19-12(32)13-8(38-19)1-35-41(33)39-14-11(31)7(2-36-42(34,43)40-13)37-20(14)30-6-28-10-16(22)24-4-26-18(10)30/h3-8,11-14,19-20,31-32,41H,1-2H2,(H,34,43)(H2,21,23,25)(H2,22,24,26)/t7-,8-,11-,12-,13-,14-,19-,20-,42-/m1/s1. The van der Waals surface area contributed by atoms with E-state index in [4.69, 9.17) is 39.0 Å². The molecule has 7 heterocycles. The van der Waals surface area contributed by atoms with Crippen LogP contribution in [0.25, 0.3) is 22.3 Å². The fourth-order valence-electron chi connectivity index (χ4n) is 5.18. The molecule has 3 aliphatic rings. The number of aliphatic hydroxyl groups excluding tert-OH is 2. The highest BCUT2D eigenvalue weighted by Gasteiger charge is 2.52. The first-order valence-electron chi connectivity index (χ1n) is 12.6. The first-order chi connectivity index (χ1) is 20.6. The number of ether oxygens (including phenoxy) is 2. The van der Waals surface area contributed by atoms with Crippen LogP contribution in [0.5, 0.6) is 0 Å². The Labute approximate surface area is 246 Å². The minimum atomic E-state index is -4.25. The molecule has 3 aliphatic heterocycles. The van der Waals surface area contributed by atoms with Crippen LogP contribution in [0.4, 0.5) is 11.6 Å². The van der Waals surface area contributed by atoms with Crippen LogP contribution in [0.2, 0.25) is 0 Å². The van der Waals surface area contributed by atoms with Crippen molar-refractivity contribution >= 4 is 61.3 Å². The molecule has 0 aromatic carbocycles. The maximum atomic E-state index is 13.3. The molecule has 20 nitrogen and oxygen atoms in total. The monoisotopic (exact) mass is 658 g/mol. The average Bonchev–Trinajstić information content (AvgIpc) is 3.73. The molecule has 0 radical (unpaired) electrons. The third kappa shape index (κ3) is 5.09. The maximum Gasteiger partial charge on any atom is 0.386 e. The molecule has 1 unspecified atom stereocenters. The summed E-state index contributed by atoms with van der Waals surface area (Å²) in [6.07, 6.45) is -5.05. The molecule has 0 spiro atoms. The predicted octanol–water partition coefficient (Wildman–Crippen LogP) is -0.408. The third-order valence-corrected chi connectivity index (χ3v) is 9.68. The summed E-state index contributed by atoms with van der Waals surface area (Å²) in [5, 5.41) is 22.3. The topological polar surface area (TPSA) is 269 Å². The summed E-state index contributed by atoms with van der Waals surface area (Å²) in [4.78, 5) is 24.5. The zero-order chi connectivity index (χ0) is 30.0. The third-order valence-electron chi connectivity index (χ3n) is 7.20. The summed E-state index contributed by atoms with van der Waals surface area (Å²) in [5.74, 6) is 0.220. The number of thiol groups is 1. The van der Waals surface area contributed by atoms with Crippen LogP contribution >= 0.6 is 27.3 Å². The number of aliphatic hydroxyl groups is 2. The molecule has 0 saturated carbocycles. The number of hydrogen-bond acceptors (Lipinski definition) is 18. The molecule has 4 aromatic heterocycles. The Morgan fingerprint density at radius 1 is 0.860 bits per heavy atom. The van der Waals surface area contributed by atoms with Gasteiger partial charge in [0.2, 0.25) is 0 Å². The second kappa shape index (κ2) is 11.0. The lowest BCUT2D eigenvalue weighted by Gasteiger charge is -2.25. The number of nitrogens with two attached hydrogens (primary N) is 2. The summed E-state index contributed by atoms with van der Waals surface area (Å²) < 4.78 is 63.4. The molecule has 23 heteroatoms. The molecule has 3 fully saturated rings. The van der Waals surface area contributed by atoms with Crippen molar-refractivity contribution in [2.45, 2.75) is 49.1 Å². The highest BCUT2D eigenvalue weighted by atomic mass is 32.7. The molecule has 10 atom stereocenters. The van der Waals surface area contributed by atoms with E-state index in [9.17, 15) is 19.3 Å². The number of fused-ring (bicyclic) bond motifs is 5. The van der Waals surface area contributed by atoms with Gasteiger partial charge in [0.05, 0.1) is 25.9 Å². The van der Waals surface area contributed by atoms with Gasteiger partial charge in [-0.05, 0) is 0 Å². The molecule has 7 rings (SSSR count). The second-order valence-corrected chi connectivity index (χ2v) is 13.7. The smallest absolute Gasteiger partial charge is 0.386 e. The molecule has 4 aromatic rings. The number of rotatable bonds is 2. The van der Waals surface area contributed by atoms with E-state index in [0.29, 0.717) is 0 Å². The van der Waals surface area contributed by atoms with Crippen molar-refractivity contribution in [2.24, 2.45) is 0 Å². The summed E-state index contributed by atoms with van der Waals surface area (Å²) in [6, 6.07) is 0. The van der Waals surface area contributed by atoms with E-state index in [2.05, 4.69) is 42.2 Å². The van der Waals surface area contributed by atoms with E-state index in [0.717, 1.165) is 0 Å². The predicted molar refractivity (Wildman–Crippen MR) is 147 cm³/mol. The zero-order valence-electron chi connectivity index (χ0n) is 21.6. The largest absolute Gasteiger partial charge is 0.387 e. The van der Waals surface area contributed by atoms with Crippen molar-refractivity contribution in [1.29, 1.82) is 0 Å². The van der Waals surface area contributed by atoms with Crippen molar-refractivity contribution in [3.8, 4) is 0 Å². The summed E-state index contributed by atoms with van der Waals surface area (Å²) in [6.45, 7) is -5.20. The highest BCUT2D eigenvalue weighted by molar-refractivity contribution is 8.44. The fourth-order valence-corrected chi connectivity index (χ4v) is 7.52. The van der Waals surface area contributed by atoms with Gasteiger partial charge in [-0.1, -0.05) is 12.2 Å². The minimum Gasteiger partial charge on any atom is -0.387 e. The van der Waals surface area contributed by atoms with Crippen molar-refractivity contribution < 1.29 is 46.9 Å². The molecule has 0 amide bonds. The van der Waals surface area contributed by atoms with Crippen molar-refractivity contribution in [2.75, 3.05) is 24.7 Å². The summed E-state index contributed by atoms with van der Waals surface area (Å²) in [5.41, 5.74) is 12.8. The van der Waals surface area contributed by atoms with Gasteiger partial charge in [0, 0.05) is 0 Å². The van der Waals surface area contributed by atoms with Crippen LogP contribution in [0.1, 0.15) is 12.5 Å². The van der Waals surface area contributed by atoms with Gasteiger partial charge in [-0.25, -0.2) is 34.5 Å². The van der Waals surface area contributed by atoms with Crippen LogP contribution < -0.4 is 11.5 Å². The number of hydrogen-bond donors (Lipinski definition) is 5. The normalized spacial score (nSPS) is 37.1. The average molecular weight is 658 g/mol. The van der Waals surface area contributed by atoms with Crippen LogP contribution in [0.3, 0.4) is 0 Å². The van der Waals surface area contributed by atoms with E-state index in [-0.39, 0.29) is 34.0 Å². The van der Waals surface area contributed by atoms with Gasteiger partial charge in [0.15, 0.2) is 35.4 Å². The van der Waals surface area contributed by atoms with E-state index in [1.807, 2.05) is 0 Å². The van der Waals surface area contributed by atoms with Crippen LogP contribution in [0, 0.1) is 0 Å². The Kier molecular flexibility index (Phi) is 7.38. The number of nitrogen functional groups attached to an aromatic ring is 2. The van der Waals surface area contributed by atoms with Crippen molar-refractivity contribution in [3.63, 3.8) is 0 Å². The van der Waals surface area contributed by atoms with Gasteiger partial charge in [0.1, 0.15) is 60.3 Å². The zero-order valence-corrected chi connectivity index (χ0v) is 24.4. The van der Waals surface area contributed by atoms with E-state index in [1.54, 1.807) is 0 Å². The number of nitrogens with zero attached hydrogens (tertiary/aromatic N) is 8. The van der Waals surface area contributed by atoms with Crippen LogP contribution in [-0.4, -0.2) is 99.1 Å². The Hall–Kier alpha value is -2.81. The van der Waals surface area contributed by atoms with Gasteiger partial charge >= 0.3 is 15.1 Å². The lowest BCUT2D eigenvalue weighted by atomic mass is 10.1. The molecule has 3 saturated heterocycles. The van der Waals surface area contributed by atoms with E-state index in [1.165, 1.54) is 34.4 Å².